The molecule has 0 bridgehead atoms. The Hall–Kier alpha value is 0.511. The second-order valence-corrected chi connectivity index (χ2v) is 5.00. The van der Waals surface area contributed by atoms with Crippen LogP contribution in [0.5, 0.6) is 5.75 Å². The first-order valence-electron chi connectivity index (χ1n) is 6.24. The maximum Gasteiger partial charge on any atom is 1.00 e. The van der Waals surface area contributed by atoms with Gasteiger partial charge in [0.2, 0.25) is 0 Å². The molecule has 0 aliphatic carbocycles. The molecule has 0 aromatic heterocycles. The van der Waals surface area contributed by atoms with Crippen LogP contribution in [0.2, 0.25) is 0 Å². The van der Waals surface area contributed by atoms with Crippen molar-refractivity contribution in [1.29, 1.82) is 0 Å². The van der Waals surface area contributed by atoms with E-state index in [1.54, 1.807) is 13.0 Å². The smallest absolute Gasteiger partial charge is 0.497 e. The first-order valence-corrected chi connectivity index (χ1v) is 6.24. The molecule has 19 heavy (non-hydrogen) atoms. The molecule has 0 saturated carbocycles. The maximum atomic E-state index is 12.8. The van der Waals surface area contributed by atoms with Gasteiger partial charge < -0.3 is 17.7 Å². The number of halogens is 3. The minimum atomic E-state index is -5.02. The third-order valence-corrected chi connectivity index (χ3v) is 2.70. The summed E-state index contributed by atoms with van der Waals surface area (Å²) in [5.74, 6) is 0.495. The van der Waals surface area contributed by atoms with Crippen LogP contribution in [0.1, 0.15) is 32.3 Å². The van der Waals surface area contributed by atoms with Crippen LogP contribution in [0, 0.1) is 12.8 Å². The van der Waals surface area contributed by atoms with E-state index in [4.69, 9.17) is 4.74 Å². The normalized spacial score (nSPS) is 11.3. The average Bonchev–Trinajstić information content (AvgIpc) is 2.24. The van der Waals surface area contributed by atoms with E-state index >= 15 is 0 Å². The van der Waals surface area contributed by atoms with Gasteiger partial charge in [0.25, 0.3) is 0 Å². The Labute approximate surface area is 155 Å². The quantitative estimate of drug-likeness (QED) is 0.559. The third-order valence-electron chi connectivity index (χ3n) is 2.70. The summed E-state index contributed by atoms with van der Waals surface area (Å²) in [5, 5.41) is 0. The summed E-state index contributed by atoms with van der Waals surface area (Å²) in [7, 11) is 0. The second kappa shape index (κ2) is 8.72. The van der Waals surface area contributed by atoms with Gasteiger partial charge in [-0.05, 0) is 31.7 Å². The molecule has 0 saturated heterocycles. The molecule has 0 aliphatic heterocycles. The van der Waals surface area contributed by atoms with Crippen LogP contribution in [0.4, 0.5) is 12.9 Å². The minimum absolute atomic E-state index is 0. The molecule has 0 aliphatic rings. The number of rotatable bonds is 6. The van der Waals surface area contributed by atoms with Crippen molar-refractivity contribution in [1.82, 2.24) is 0 Å². The van der Waals surface area contributed by atoms with Gasteiger partial charge in [0.15, 0.2) is 0 Å². The Morgan fingerprint density at radius 3 is 2.37 bits per heavy atom. The van der Waals surface area contributed by atoms with Crippen molar-refractivity contribution in [2.75, 3.05) is 6.61 Å². The zero-order valence-electron chi connectivity index (χ0n) is 12.1. The Bertz CT molecular complexity index is 394. The van der Waals surface area contributed by atoms with E-state index in [1.165, 1.54) is 6.07 Å². The molecule has 102 valence electrons. The van der Waals surface area contributed by atoms with Gasteiger partial charge in [0.1, 0.15) is 0 Å². The Kier molecular flexibility index (Phi) is 8.96. The summed E-state index contributed by atoms with van der Waals surface area (Å²) in [4.78, 5) is 0. The summed E-state index contributed by atoms with van der Waals surface area (Å²) in [6.45, 7) is 1.12. The van der Waals surface area contributed by atoms with Crippen molar-refractivity contribution in [3.63, 3.8) is 0 Å². The molecule has 0 amide bonds. The predicted molar refractivity (Wildman–Crippen MR) is 69.5 cm³/mol. The fourth-order valence-corrected chi connectivity index (χ4v) is 1.73. The van der Waals surface area contributed by atoms with Crippen molar-refractivity contribution in [3.05, 3.63) is 23.8 Å². The van der Waals surface area contributed by atoms with E-state index in [0.717, 1.165) is 18.9 Å². The molecule has 1 aromatic carbocycles. The largest absolute Gasteiger partial charge is 1.00 e. The first-order chi connectivity index (χ1) is 8.30. The summed E-state index contributed by atoms with van der Waals surface area (Å²) in [6, 6.07) is 4.20. The van der Waals surface area contributed by atoms with Crippen LogP contribution in [0.3, 0.4) is 0 Å². The van der Waals surface area contributed by atoms with E-state index in [2.05, 4.69) is 13.8 Å². The van der Waals surface area contributed by atoms with Crippen LogP contribution in [0.25, 0.3) is 0 Å². The standard InChI is InChI=1S/C13H19BF3O.K/c1-10(2)5-4-8-18-13-7-6-11(3)9-12(13)14(15,16)17;/h6-7,9-10H,4-5,8H2,1-3H3;/q-1;+1. The Morgan fingerprint density at radius 2 is 1.84 bits per heavy atom. The zero-order chi connectivity index (χ0) is 13.8. The Morgan fingerprint density at radius 1 is 1.21 bits per heavy atom. The van der Waals surface area contributed by atoms with E-state index in [0.29, 0.717) is 18.1 Å². The van der Waals surface area contributed by atoms with Gasteiger partial charge in [-0.15, -0.1) is 0 Å². The average molecular weight is 298 g/mol. The van der Waals surface area contributed by atoms with Gasteiger partial charge in [0, 0.05) is 0 Å². The Balaban J connectivity index is 0.00000324. The van der Waals surface area contributed by atoms with E-state index in [1.807, 2.05) is 0 Å². The topological polar surface area (TPSA) is 9.23 Å². The van der Waals surface area contributed by atoms with Gasteiger partial charge in [-0.1, -0.05) is 37.0 Å². The maximum absolute atomic E-state index is 12.8. The summed E-state index contributed by atoms with van der Waals surface area (Å²) in [5.41, 5.74) is -0.0294. The predicted octanol–water partition coefficient (Wildman–Crippen LogP) is 0.868. The molecule has 1 nitrogen and oxygen atoms in total. The van der Waals surface area contributed by atoms with Gasteiger partial charge in [-0.3, -0.25) is 0 Å². The van der Waals surface area contributed by atoms with E-state index < -0.39 is 12.4 Å². The SMILES string of the molecule is Cc1ccc(OCCCC(C)C)c([B-](F)(F)F)c1.[K+]. The number of ether oxygens (including phenoxy) is 1. The molecule has 0 spiro atoms. The third kappa shape index (κ3) is 7.18. The monoisotopic (exact) mass is 298 g/mol. The summed E-state index contributed by atoms with van der Waals surface area (Å²) in [6.07, 6.45) is 1.73. The van der Waals surface area contributed by atoms with Crippen LogP contribution in [-0.4, -0.2) is 13.6 Å². The van der Waals surface area contributed by atoms with Crippen molar-refractivity contribution in [3.8, 4) is 5.75 Å². The van der Waals surface area contributed by atoms with Crippen molar-refractivity contribution in [2.24, 2.45) is 5.92 Å². The van der Waals surface area contributed by atoms with Crippen LogP contribution in [-0.2, 0) is 0 Å². The molecule has 1 rings (SSSR count). The summed E-state index contributed by atoms with van der Waals surface area (Å²) < 4.78 is 43.8. The van der Waals surface area contributed by atoms with Crippen molar-refractivity contribution in [2.45, 2.75) is 33.6 Å². The number of benzene rings is 1. The minimum Gasteiger partial charge on any atom is -0.497 e. The fourth-order valence-electron chi connectivity index (χ4n) is 1.73. The molecule has 0 heterocycles. The zero-order valence-corrected chi connectivity index (χ0v) is 15.2. The van der Waals surface area contributed by atoms with Gasteiger partial charge in [-0.25, -0.2) is 0 Å². The number of hydrogen-bond acceptors (Lipinski definition) is 1. The van der Waals surface area contributed by atoms with E-state index in [9.17, 15) is 12.9 Å². The molecular weight excluding hydrogens is 279 g/mol. The number of hydrogen-bond donors (Lipinski definition) is 0. The van der Waals surface area contributed by atoms with Crippen LogP contribution in [0.15, 0.2) is 18.2 Å². The first kappa shape index (κ1) is 19.5. The van der Waals surface area contributed by atoms with Crippen LogP contribution < -0.4 is 61.6 Å². The molecule has 0 fully saturated rings. The van der Waals surface area contributed by atoms with Gasteiger partial charge in [-0.2, -0.15) is 0 Å². The number of aryl methyl sites for hydroxylation is 1. The molecule has 0 unspecified atom stereocenters. The van der Waals surface area contributed by atoms with Gasteiger partial charge >= 0.3 is 58.4 Å². The van der Waals surface area contributed by atoms with Gasteiger partial charge in [0.05, 0.1) is 12.4 Å². The van der Waals surface area contributed by atoms with Crippen molar-refractivity contribution < 1.29 is 69.1 Å². The van der Waals surface area contributed by atoms with Crippen LogP contribution >= 0.6 is 0 Å². The fraction of sp³-hybridized carbons (Fsp3) is 0.538. The molecule has 1 aromatic rings. The van der Waals surface area contributed by atoms with E-state index in [-0.39, 0.29) is 57.1 Å². The second-order valence-electron chi connectivity index (χ2n) is 5.00. The molecule has 0 N–H and O–H groups in total. The molecule has 0 radical (unpaired) electrons. The summed E-state index contributed by atoms with van der Waals surface area (Å²) >= 11 is 0. The molecule has 0 atom stereocenters. The molecular formula is C13H19BF3KO. The van der Waals surface area contributed by atoms with Crippen molar-refractivity contribution >= 4 is 12.4 Å². The molecule has 6 heteroatoms.